The van der Waals surface area contributed by atoms with E-state index in [-0.39, 0.29) is 12.6 Å². The van der Waals surface area contributed by atoms with Crippen LogP contribution in [0.2, 0.25) is 0 Å². The first-order valence-electron chi connectivity index (χ1n) is 4.91. The Kier molecular flexibility index (Phi) is 3.70. The molecule has 2 N–H and O–H groups in total. The van der Waals surface area contributed by atoms with Gasteiger partial charge in [-0.1, -0.05) is 0 Å². The van der Waals surface area contributed by atoms with Gasteiger partial charge in [-0.15, -0.1) is 0 Å². The third kappa shape index (κ3) is 2.85. The predicted molar refractivity (Wildman–Crippen MR) is 54.8 cm³/mol. The molecule has 0 radical (unpaired) electrons. The molecule has 0 aliphatic carbocycles. The van der Waals surface area contributed by atoms with Gasteiger partial charge in [0.2, 0.25) is 5.91 Å². The summed E-state index contributed by atoms with van der Waals surface area (Å²) in [6.45, 7) is 2.30. The third-order valence-electron chi connectivity index (χ3n) is 2.38. The molecule has 90 valence electrons. The molecule has 0 aromatic carbocycles. The molecule has 0 aromatic rings. The van der Waals surface area contributed by atoms with Crippen molar-refractivity contribution in [2.75, 3.05) is 26.7 Å². The van der Waals surface area contributed by atoms with E-state index in [2.05, 4.69) is 5.32 Å². The van der Waals surface area contributed by atoms with E-state index >= 15 is 0 Å². The van der Waals surface area contributed by atoms with Crippen LogP contribution in [0.4, 0.5) is 4.79 Å². The Morgan fingerprint density at radius 2 is 2.12 bits per heavy atom. The molecule has 1 atom stereocenters. The molecule has 1 fully saturated rings. The molecule has 1 aliphatic rings. The summed E-state index contributed by atoms with van der Waals surface area (Å²) in [4.78, 5) is 36.0. The number of hydrogen-bond acceptors (Lipinski definition) is 3. The summed E-state index contributed by atoms with van der Waals surface area (Å²) in [5.41, 5.74) is 0. The van der Waals surface area contributed by atoms with Gasteiger partial charge in [0.25, 0.3) is 0 Å². The molecule has 1 unspecified atom stereocenters. The highest BCUT2D eigenvalue weighted by Crippen LogP contribution is 2.06. The van der Waals surface area contributed by atoms with Crippen LogP contribution in [0.5, 0.6) is 0 Å². The van der Waals surface area contributed by atoms with Crippen LogP contribution in [0.25, 0.3) is 0 Å². The normalized spacial score (nSPS) is 17.5. The molecule has 1 heterocycles. The van der Waals surface area contributed by atoms with E-state index in [1.165, 1.54) is 16.7 Å². The van der Waals surface area contributed by atoms with Crippen molar-refractivity contribution in [3.63, 3.8) is 0 Å². The molecule has 0 bridgehead atoms. The van der Waals surface area contributed by atoms with Gasteiger partial charge >= 0.3 is 12.0 Å². The van der Waals surface area contributed by atoms with Crippen molar-refractivity contribution in [3.05, 3.63) is 0 Å². The van der Waals surface area contributed by atoms with Crippen LogP contribution in [0.1, 0.15) is 6.92 Å². The quantitative estimate of drug-likeness (QED) is 0.643. The van der Waals surface area contributed by atoms with Crippen molar-refractivity contribution < 1.29 is 19.5 Å². The fraction of sp³-hybridized carbons (Fsp3) is 0.667. The fourth-order valence-corrected chi connectivity index (χ4v) is 1.52. The average molecular weight is 229 g/mol. The first-order chi connectivity index (χ1) is 7.41. The highest BCUT2D eigenvalue weighted by molar-refractivity contribution is 5.83. The fourth-order valence-electron chi connectivity index (χ4n) is 1.52. The van der Waals surface area contributed by atoms with Gasteiger partial charge in [0.1, 0.15) is 6.04 Å². The second kappa shape index (κ2) is 4.82. The lowest BCUT2D eigenvalue weighted by atomic mass is 10.2. The van der Waals surface area contributed by atoms with Gasteiger partial charge in [-0.3, -0.25) is 4.79 Å². The summed E-state index contributed by atoms with van der Waals surface area (Å²) in [6, 6.07) is -1.26. The van der Waals surface area contributed by atoms with Crippen LogP contribution in [-0.4, -0.2) is 65.5 Å². The van der Waals surface area contributed by atoms with E-state index in [9.17, 15) is 14.4 Å². The second-order valence-corrected chi connectivity index (χ2v) is 3.74. The van der Waals surface area contributed by atoms with Crippen molar-refractivity contribution in [1.82, 2.24) is 15.1 Å². The molecular weight excluding hydrogens is 214 g/mol. The smallest absolute Gasteiger partial charge is 0.328 e. The van der Waals surface area contributed by atoms with Crippen molar-refractivity contribution in [2.45, 2.75) is 13.0 Å². The summed E-state index contributed by atoms with van der Waals surface area (Å²) >= 11 is 0. The lowest BCUT2D eigenvalue weighted by Crippen LogP contribution is -2.48. The van der Waals surface area contributed by atoms with Crippen molar-refractivity contribution in [1.29, 1.82) is 0 Å². The molecule has 7 nitrogen and oxygen atoms in total. The minimum Gasteiger partial charge on any atom is -0.480 e. The molecule has 0 saturated carbocycles. The Labute approximate surface area is 93.0 Å². The first-order valence-corrected chi connectivity index (χ1v) is 4.91. The number of nitrogens with one attached hydrogen (secondary N) is 1. The average Bonchev–Trinajstić information content (AvgIpc) is 2.47. The lowest BCUT2D eigenvalue weighted by Gasteiger charge is -2.21. The summed E-state index contributed by atoms with van der Waals surface area (Å²) in [5, 5.41) is 11.2. The summed E-state index contributed by atoms with van der Waals surface area (Å²) < 4.78 is 0. The number of aliphatic carboxylic acids is 1. The van der Waals surface area contributed by atoms with Crippen LogP contribution < -0.4 is 5.32 Å². The van der Waals surface area contributed by atoms with E-state index in [1.807, 2.05) is 0 Å². The van der Waals surface area contributed by atoms with E-state index < -0.39 is 17.9 Å². The Morgan fingerprint density at radius 1 is 1.50 bits per heavy atom. The van der Waals surface area contributed by atoms with Crippen LogP contribution in [0.15, 0.2) is 0 Å². The van der Waals surface area contributed by atoms with E-state index in [0.717, 1.165) is 0 Å². The second-order valence-electron chi connectivity index (χ2n) is 3.74. The number of carbonyl (C=O) groups excluding carboxylic acids is 2. The minimum atomic E-state index is -1.14. The Morgan fingerprint density at radius 3 is 2.50 bits per heavy atom. The highest BCUT2D eigenvalue weighted by atomic mass is 16.4. The van der Waals surface area contributed by atoms with E-state index in [4.69, 9.17) is 5.11 Å². The maximum atomic E-state index is 11.5. The molecule has 1 aliphatic heterocycles. The van der Waals surface area contributed by atoms with Crippen molar-refractivity contribution in [2.24, 2.45) is 0 Å². The van der Waals surface area contributed by atoms with Gasteiger partial charge < -0.3 is 20.2 Å². The van der Waals surface area contributed by atoms with Gasteiger partial charge in [-0.2, -0.15) is 0 Å². The van der Waals surface area contributed by atoms with Gasteiger partial charge in [0, 0.05) is 27.1 Å². The van der Waals surface area contributed by atoms with Crippen LogP contribution in [-0.2, 0) is 9.59 Å². The zero-order valence-corrected chi connectivity index (χ0v) is 9.27. The Balaban J connectivity index is 2.58. The summed E-state index contributed by atoms with van der Waals surface area (Å²) in [6.07, 6.45) is 0. The molecule has 7 heteroatoms. The molecular formula is C9H15N3O4. The molecule has 0 aromatic heterocycles. The van der Waals surface area contributed by atoms with Crippen LogP contribution >= 0.6 is 0 Å². The number of rotatable bonds is 4. The van der Waals surface area contributed by atoms with Crippen LogP contribution in [0.3, 0.4) is 0 Å². The highest BCUT2D eigenvalue weighted by Gasteiger charge is 2.30. The number of carboxylic acids is 1. The summed E-state index contributed by atoms with van der Waals surface area (Å²) in [7, 11) is 1.65. The van der Waals surface area contributed by atoms with Crippen LogP contribution in [0, 0.1) is 0 Å². The molecule has 1 rings (SSSR count). The third-order valence-corrected chi connectivity index (χ3v) is 2.38. The van der Waals surface area contributed by atoms with E-state index in [0.29, 0.717) is 13.1 Å². The van der Waals surface area contributed by atoms with Gasteiger partial charge in [-0.05, 0) is 0 Å². The maximum absolute atomic E-state index is 11.5. The monoisotopic (exact) mass is 229 g/mol. The SMILES string of the molecule is CC(=O)NC(CN1CCN(C)C1=O)C(=O)O. The standard InChI is InChI=1S/C9H15N3O4/c1-6(13)10-7(8(14)15)5-12-4-3-11(2)9(12)16/h7H,3-5H2,1-2H3,(H,10,13)(H,14,15). The summed E-state index contributed by atoms with van der Waals surface area (Å²) in [5.74, 6) is -1.56. The number of hydrogen-bond donors (Lipinski definition) is 2. The number of amides is 3. The number of nitrogens with zero attached hydrogens (tertiary/aromatic N) is 2. The number of carbonyl (C=O) groups is 3. The molecule has 0 spiro atoms. The number of likely N-dealkylation sites (N-methyl/N-ethyl adjacent to an activating group) is 1. The van der Waals surface area contributed by atoms with Gasteiger partial charge in [0.15, 0.2) is 0 Å². The maximum Gasteiger partial charge on any atom is 0.328 e. The van der Waals surface area contributed by atoms with Gasteiger partial charge in [-0.25, -0.2) is 9.59 Å². The number of urea groups is 1. The first kappa shape index (κ1) is 12.3. The zero-order valence-electron chi connectivity index (χ0n) is 9.27. The predicted octanol–water partition coefficient (Wildman–Crippen LogP) is -1.06. The van der Waals surface area contributed by atoms with Crippen molar-refractivity contribution in [3.8, 4) is 0 Å². The largest absolute Gasteiger partial charge is 0.480 e. The molecule has 3 amide bonds. The molecule has 16 heavy (non-hydrogen) atoms. The topological polar surface area (TPSA) is 90.0 Å². The zero-order chi connectivity index (χ0) is 12.3. The lowest BCUT2D eigenvalue weighted by molar-refractivity contribution is -0.141. The minimum absolute atomic E-state index is 0.00190. The Bertz CT molecular complexity index is 318. The number of carboxylic acid groups (broad SMARTS) is 1. The van der Waals surface area contributed by atoms with E-state index in [1.54, 1.807) is 7.05 Å². The molecule has 1 saturated heterocycles. The Hall–Kier alpha value is -1.79. The van der Waals surface area contributed by atoms with Gasteiger partial charge in [0.05, 0.1) is 6.54 Å². The van der Waals surface area contributed by atoms with Crippen molar-refractivity contribution >= 4 is 17.9 Å².